The van der Waals surface area contributed by atoms with E-state index in [0.717, 1.165) is 33.4 Å². The molecule has 1 aliphatic heterocycles. The van der Waals surface area contributed by atoms with Crippen molar-refractivity contribution in [2.45, 2.75) is 32.2 Å². The van der Waals surface area contributed by atoms with Crippen molar-refractivity contribution >= 4 is 33.4 Å². The number of anilines is 1. The van der Waals surface area contributed by atoms with Crippen molar-refractivity contribution < 1.29 is 18.0 Å². The molecule has 13 nitrogen and oxygen atoms in total. The van der Waals surface area contributed by atoms with E-state index < -0.39 is 28.1 Å². The van der Waals surface area contributed by atoms with Gasteiger partial charge in [-0.05, 0) is 47.3 Å². The van der Waals surface area contributed by atoms with E-state index in [1.807, 2.05) is 50.4 Å². The van der Waals surface area contributed by atoms with Crippen LogP contribution in [0.2, 0.25) is 0 Å². The number of hydrogen-bond donors (Lipinski definition) is 4. The van der Waals surface area contributed by atoms with Gasteiger partial charge in [0.15, 0.2) is 17.2 Å². The van der Waals surface area contributed by atoms with E-state index >= 15 is 0 Å². The molecular weight excluding hydrogens is 655 g/mol. The summed E-state index contributed by atoms with van der Waals surface area (Å²) >= 11 is 0. The first-order valence-corrected chi connectivity index (χ1v) is 17.7. The van der Waals surface area contributed by atoms with E-state index in [0.29, 0.717) is 30.6 Å². The van der Waals surface area contributed by atoms with Crippen molar-refractivity contribution in [2.24, 2.45) is 7.05 Å². The Morgan fingerprint density at radius 1 is 1.16 bits per heavy atom. The predicted molar refractivity (Wildman–Crippen MR) is 188 cm³/mol. The van der Waals surface area contributed by atoms with Crippen LogP contribution in [0.4, 0.5) is 5.82 Å². The highest BCUT2D eigenvalue weighted by atomic mass is 32.2. The summed E-state index contributed by atoms with van der Waals surface area (Å²) in [4.78, 5) is 33.6. The summed E-state index contributed by atoms with van der Waals surface area (Å²) in [7, 11) is -2.22. The van der Waals surface area contributed by atoms with Crippen LogP contribution in [-0.4, -0.2) is 70.2 Å². The van der Waals surface area contributed by atoms with Gasteiger partial charge >= 0.3 is 0 Å². The second-order valence-electron chi connectivity index (χ2n) is 12.2. The molecule has 1 amide bonds. The minimum absolute atomic E-state index is 0.0511. The van der Waals surface area contributed by atoms with Crippen molar-refractivity contribution in [1.29, 1.82) is 0 Å². The van der Waals surface area contributed by atoms with Gasteiger partial charge in [0.05, 0.1) is 23.3 Å². The largest absolute Gasteiger partial charge is 0.346 e. The lowest BCUT2D eigenvalue weighted by Gasteiger charge is -2.32. The topological polar surface area (TPSA) is 164 Å². The number of Topliss-reactive ketones (excluding diaryl/α,β-unsaturated/α-hetero) is 1. The molecule has 4 aromatic rings. The third kappa shape index (κ3) is 6.18. The number of hydrogen-bond acceptors (Lipinski definition) is 8. The Morgan fingerprint density at radius 2 is 1.98 bits per heavy atom. The molecule has 0 spiro atoms. The molecule has 0 saturated heterocycles. The van der Waals surface area contributed by atoms with Gasteiger partial charge in [0.2, 0.25) is 0 Å². The standard InChI is InChI=1S/C36H35N9O4S/c1-4-40-50(48,49)43-34-32(35-38-16-9-17-45(35)42-34)36(47)41-22(2)29-28-20-37-19-25-12-8-13-26(30(25)28)27(15-14-23-18-39-44(3)21-23)33(46)31(29)24-10-6-5-7-11-24/h5-11,13,16-18,21-22,31,37,40H,4,12,19-20H2,1-3H3,(H,41,47)(H,42,43)/t22-,31-/m0/s1. The Bertz CT molecular complexity index is 2340. The number of allylic oxidation sites excluding steroid dienone is 4. The van der Waals surface area contributed by atoms with Gasteiger partial charge in [-0.1, -0.05) is 61.2 Å². The van der Waals surface area contributed by atoms with Crippen molar-refractivity contribution in [3.63, 3.8) is 0 Å². The number of rotatable bonds is 8. The summed E-state index contributed by atoms with van der Waals surface area (Å²) in [6.45, 7) is 4.74. The Kier molecular flexibility index (Phi) is 8.79. The first kappa shape index (κ1) is 32.9. The molecule has 254 valence electrons. The zero-order valence-corrected chi connectivity index (χ0v) is 28.5. The predicted octanol–water partition coefficient (Wildman–Crippen LogP) is 2.72. The average Bonchev–Trinajstić information content (AvgIpc) is 3.66. The Labute approximate surface area is 289 Å². The molecule has 7 rings (SSSR count). The van der Waals surface area contributed by atoms with Gasteiger partial charge in [-0.15, -0.1) is 5.10 Å². The zero-order valence-electron chi connectivity index (χ0n) is 27.7. The first-order valence-electron chi connectivity index (χ1n) is 16.2. The lowest BCUT2D eigenvalue weighted by atomic mass is 9.78. The number of carbonyl (C=O) groups excluding carboxylic acids is 2. The highest BCUT2D eigenvalue weighted by molar-refractivity contribution is 7.90. The second kappa shape index (κ2) is 13.4. The Morgan fingerprint density at radius 3 is 2.74 bits per heavy atom. The van der Waals surface area contributed by atoms with E-state index in [1.165, 1.54) is 10.7 Å². The van der Waals surface area contributed by atoms with Crippen molar-refractivity contribution in [3.8, 4) is 11.8 Å². The molecule has 4 heterocycles. The van der Waals surface area contributed by atoms with Crippen LogP contribution in [0.3, 0.4) is 0 Å². The number of fused-ring (bicyclic) bond motifs is 1. The monoisotopic (exact) mass is 689 g/mol. The van der Waals surface area contributed by atoms with Crippen LogP contribution >= 0.6 is 0 Å². The fourth-order valence-electron chi connectivity index (χ4n) is 6.81. The Balaban J connectivity index is 1.36. The summed E-state index contributed by atoms with van der Waals surface area (Å²) in [5.41, 5.74) is 6.47. The zero-order chi connectivity index (χ0) is 35.0. The quantitative estimate of drug-likeness (QED) is 0.205. The van der Waals surface area contributed by atoms with Crippen molar-refractivity contribution in [2.75, 3.05) is 24.4 Å². The van der Waals surface area contributed by atoms with Crippen LogP contribution in [0, 0.1) is 11.8 Å². The smallest absolute Gasteiger partial charge is 0.300 e. The third-order valence-electron chi connectivity index (χ3n) is 8.82. The number of benzene rings is 1. The van der Waals surface area contributed by atoms with E-state index in [1.54, 1.807) is 36.3 Å². The average molecular weight is 690 g/mol. The number of carbonyl (C=O) groups is 2. The summed E-state index contributed by atoms with van der Waals surface area (Å²) < 4.78 is 33.2. The summed E-state index contributed by atoms with van der Waals surface area (Å²) in [6, 6.07) is 10.4. The van der Waals surface area contributed by atoms with Crippen LogP contribution in [0.15, 0.2) is 107 Å². The molecule has 3 aliphatic rings. The summed E-state index contributed by atoms with van der Waals surface area (Å²) in [5.74, 6) is 4.63. The fourth-order valence-corrected chi connectivity index (χ4v) is 7.66. The van der Waals surface area contributed by atoms with Gasteiger partial charge in [0, 0.05) is 56.9 Å². The summed E-state index contributed by atoms with van der Waals surface area (Å²) in [5, 5.41) is 15.2. The maximum atomic E-state index is 15.0. The number of aromatic nitrogens is 5. The van der Waals surface area contributed by atoms with Crippen LogP contribution in [0.1, 0.15) is 47.7 Å². The molecule has 1 aromatic carbocycles. The second-order valence-corrected chi connectivity index (χ2v) is 13.7. The molecule has 0 bridgehead atoms. The molecule has 0 saturated carbocycles. The molecule has 14 heteroatoms. The molecule has 0 radical (unpaired) electrons. The van der Waals surface area contributed by atoms with Gasteiger partial charge < -0.3 is 10.6 Å². The Hall–Kier alpha value is -5.62. The molecule has 4 N–H and O–H groups in total. The molecule has 2 aliphatic carbocycles. The van der Waals surface area contributed by atoms with E-state index in [2.05, 4.69) is 53.2 Å². The molecule has 0 unspecified atom stereocenters. The van der Waals surface area contributed by atoms with E-state index in [-0.39, 0.29) is 29.4 Å². The van der Waals surface area contributed by atoms with Crippen LogP contribution in [-0.2, 0) is 22.1 Å². The number of aryl methyl sites for hydroxylation is 1. The lowest BCUT2D eigenvalue weighted by Crippen LogP contribution is -2.40. The molecule has 50 heavy (non-hydrogen) atoms. The normalized spacial score (nSPS) is 18.1. The molecule has 3 aromatic heterocycles. The van der Waals surface area contributed by atoms with Crippen molar-refractivity contribution in [1.82, 2.24) is 39.7 Å². The number of nitrogens with one attached hydrogen (secondary N) is 4. The lowest BCUT2D eigenvalue weighted by molar-refractivity contribution is -0.115. The van der Waals surface area contributed by atoms with Crippen molar-refractivity contribution in [3.05, 3.63) is 123 Å². The molecule has 2 atom stereocenters. The van der Waals surface area contributed by atoms with Gasteiger partial charge in [0.25, 0.3) is 16.1 Å². The van der Waals surface area contributed by atoms with Gasteiger partial charge in [0.1, 0.15) is 5.56 Å². The summed E-state index contributed by atoms with van der Waals surface area (Å²) in [6.07, 6.45) is 11.3. The highest BCUT2D eigenvalue weighted by Gasteiger charge is 2.40. The van der Waals surface area contributed by atoms with Crippen LogP contribution in [0.5, 0.6) is 0 Å². The SMILES string of the molecule is CCNS(=O)(=O)Nc1nn2cccnc2c1C(=O)N[C@@H](C)C1=C2CNCC3=C2C(=C(C#Cc2cnn(C)c2)C(=O)[C@H]1c1ccccc1)C=CC3. The number of nitrogens with zero attached hydrogens (tertiary/aromatic N) is 5. The van der Waals surface area contributed by atoms with Crippen LogP contribution in [0.25, 0.3) is 5.65 Å². The minimum atomic E-state index is -4.03. The van der Waals surface area contributed by atoms with E-state index in [4.69, 9.17) is 0 Å². The molecular formula is C36H35N9O4S. The number of ketones is 1. The fraction of sp³-hybridized carbons (Fsp3) is 0.250. The maximum absolute atomic E-state index is 15.0. The third-order valence-corrected chi connectivity index (χ3v) is 9.95. The van der Waals surface area contributed by atoms with E-state index in [9.17, 15) is 18.0 Å². The first-order chi connectivity index (χ1) is 24.1. The van der Waals surface area contributed by atoms with Gasteiger partial charge in [-0.3, -0.25) is 19.0 Å². The molecule has 0 fully saturated rings. The van der Waals surface area contributed by atoms with Gasteiger partial charge in [-0.2, -0.15) is 18.2 Å². The highest BCUT2D eigenvalue weighted by Crippen LogP contribution is 2.45. The maximum Gasteiger partial charge on any atom is 0.300 e. The minimum Gasteiger partial charge on any atom is -0.346 e. The van der Waals surface area contributed by atoms with Crippen LogP contribution < -0.4 is 20.1 Å². The number of amides is 1. The van der Waals surface area contributed by atoms with Gasteiger partial charge in [-0.25, -0.2) is 9.50 Å².